The largest absolute Gasteiger partial charge is 0.196 e. The summed E-state index contributed by atoms with van der Waals surface area (Å²) in [6.45, 7) is 8.12. The molecule has 0 rings (SSSR count). The molecule has 0 aliphatic carbocycles. The molecule has 0 aliphatic rings. The van der Waals surface area contributed by atoms with Crippen LogP contribution in [0.4, 0.5) is 0 Å². The van der Waals surface area contributed by atoms with Crippen molar-refractivity contribution in [3.8, 4) is 12.1 Å². The summed E-state index contributed by atoms with van der Waals surface area (Å²) in [6.07, 6.45) is 5.64. The lowest BCUT2D eigenvalue weighted by Gasteiger charge is -2.16. The molecular weight excluding hydrogens is 236 g/mol. The summed E-state index contributed by atoms with van der Waals surface area (Å²) < 4.78 is 0. The van der Waals surface area contributed by atoms with Crippen LogP contribution in [0.3, 0.4) is 0 Å². The van der Waals surface area contributed by atoms with Gasteiger partial charge in [-0.1, -0.05) is 40.0 Å². The van der Waals surface area contributed by atoms with Crippen molar-refractivity contribution < 1.29 is 0 Å². The standard InChI is InChI=1S/C15H26N4/c1-5-7-8-9-15(4,12-17)19-18-14(11-16)10-13(3)6-2/h13-14H,5-10H2,1-4H3. The molecule has 0 amide bonds. The highest BCUT2D eigenvalue weighted by molar-refractivity contribution is 5.03. The average molecular weight is 262 g/mol. The van der Waals surface area contributed by atoms with Crippen LogP contribution < -0.4 is 0 Å². The van der Waals surface area contributed by atoms with Crippen LogP contribution in [0.15, 0.2) is 10.2 Å². The minimum atomic E-state index is -0.778. The van der Waals surface area contributed by atoms with Gasteiger partial charge in [-0.2, -0.15) is 20.8 Å². The van der Waals surface area contributed by atoms with Crippen molar-refractivity contribution in [2.45, 2.75) is 77.8 Å². The summed E-state index contributed by atoms with van der Waals surface area (Å²) in [5, 5.41) is 26.5. The van der Waals surface area contributed by atoms with Crippen molar-refractivity contribution in [1.82, 2.24) is 0 Å². The third-order valence-electron chi connectivity index (χ3n) is 3.40. The number of nitriles is 2. The van der Waals surface area contributed by atoms with Gasteiger partial charge < -0.3 is 0 Å². The summed E-state index contributed by atoms with van der Waals surface area (Å²) >= 11 is 0. The van der Waals surface area contributed by atoms with Gasteiger partial charge in [0.2, 0.25) is 0 Å². The molecule has 0 saturated carbocycles. The van der Waals surface area contributed by atoms with Crippen LogP contribution in [0.2, 0.25) is 0 Å². The van der Waals surface area contributed by atoms with E-state index < -0.39 is 11.6 Å². The highest BCUT2D eigenvalue weighted by Gasteiger charge is 2.23. The molecule has 19 heavy (non-hydrogen) atoms. The second kappa shape index (κ2) is 9.50. The maximum atomic E-state index is 9.21. The van der Waals surface area contributed by atoms with E-state index in [2.05, 4.69) is 43.1 Å². The molecule has 0 spiro atoms. The summed E-state index contributed by atoms with van der Waals surface area (Å²) in [7, 11) is 0. The van der Waals surface area contributed by atoms with Crippen molar-refractivity contribution in [1.29, 1.82) is 10.5 Å². The van der Waals surface area contributed by atoms with Gasteiger partial charge in [0.05, 0.1) is 12.1 Å². The van der Waals surface area contributed by atoms with Gasteiger partial charge >= 0.3 is 0 Å². The molecule has 0 aromatic carbocycles. The number of nitrogens with zero attached hydrogens (tertiary/aromatic N) is 4. The molecule has 0 bridgehead atoms. The zero-order chi connectivity index (χ0) is 14.7. The number of hydrogen-bond donors (Lipinski definition) is 0. The summed E-state index contributed by atoms with van der Waals surface area (Å²) in [6, 6.07) is 3.95. The topological polar surface area (TPSA) is 72.3 Å². The molecule has 0 N–H and O–H groups in total. The van der Waals surface area contributed by atoms with E-state index in [1.165, 1.54) is 0 Å². The van der Waals surface area contributed by atoms with Crippen molar-refractivity contribution in [2.75, 3.05) is 0 Å². The van der Waals surface area contributed by atoms with Crippen LogP contribution >= 0.6 is 0 Å². The molecule has 3 unspecified atom stereocenters. The number of unbranched alkanes of at least 4 members (excludes halogenated alkanes) is 2. The van der Waals surface area contributed by atoms with E-state index in [1.807, 2.05) is 0 Å². The Hall–Kier alpha value is -1.42. The van der Waals surface area contributed by atoms with Gasteiger partial charge in [0.15, 0.2) is 11.6 Å². The van der Waals surface area contributed by atoms with E-state index in [1.54, 1.807) is 6.92 Å². The Morgan fingerprint density at radius 3 is 2.37 bits per heavy atom. The summed E-state index contributed by atoms with van der Waals surface area (Å²) in [5.74, 6) is 0.456. The molecule has 0 heterocycles. The minimum absolute atomic E-state index is 0.422. The molecular formula is C15H26N4. The second-order valence-electron chi connectivity index (χ2n) is 5.45. The highest BCUT2D eigenvalue weighted by atomic mass is 15.2. The van der Waals surface area contributed by atoms with E-state index in [0.29, 0.717) is 18.8 Å². The van der Waals surface area contributed by atoms with E-state index in [-0.39, 0.29) is 0 Å². The Morgan fingerprint density at radius 1 is 1.21 bits per heavy atom. The zero-order valence-corrected chi connectivity index (χ0v) is 12.7. The molecule has 0 aromatic heterocycles. The smallest absolute Gasteiger partial charge is 0.164 e. The Morgan fingerprint density at radius 2 is 1.89 bits per heavy atom. The molecule has 0 aromatic rings. The maximum Gasteiger partial charge on any atom is 0.164 e. The molecule has 4 heteroatoms. The predicted octanol–water partition coefficient (Wildman–Crippen LogP) is 4.63. The first-order valence-corrected chi connectivity index (χ1v) is 7.24. The summed E-state index contributed by atoms with van der Waals surface area (Å²) in [5.41, 5.74) is -0.778. The Labute approximate surface area is 117 Å². The first-order valence-electron chi connectivity index (χ1n) is 7.24. The lowest BCUT2D eigenvalue weighted by atomic mass is 9.97. The van der Waals surface area contributed by atoms with Crippen molar-refractivity contribution in [3.63, 3.8) is 0 Å². The number of hydrogen-bond acceptors (Lipinski definition) is 4. The van der Waals surface area contributed by atoms with Crippen LogP contribution in [-0.4, -0.2) is 11.6 Å². The third kappa shape index (κ3) is 7.57. The van der Waals surface area contributed by atoms with E-state index in [4.69, 9.17) is 5.26 Å². The fraction of sp³-hybridized carbons (Fsp3) is 0.867. The van der Waals surface area contributed by atoms with Crippen LogP contribution in [0.1, 0.15) is 66.2 Å². The lowest BCUT2D eigenvalue weighted by Crippen LogP contribution is -2.19. The first-order chi connectivity index (χ1) is 9.01. The monoisotopic (exact) mass is 262 g/mol. The molecule has 4 nitrogen and oxygen atoms in total. The van der Waals surface area contributed by atoms with Crippen molar-refractivity contribution in [2.24, 2.45) is 16.1 Å². The van der Waals surface area contributed by atoms with Gasteiger partial charge in [0.25, 0.3) is 0 Å². The van der Waals surface area contributed by atoms with Crippen LogP contribution in [0.25, 0.3) is 0 Å². The van der Waals surface area contributed by atoms with Crippen LogP contribution in [0.5, 0.6) is 0 Å². The lowest BCUT2D eigenvalue weighted by molar-refractivity contribution is 0.447. The maximum absolute atomic E-state index is 9.21. The minimum Gasteiger partial charge on any atom is -0.196 e. The Bertz CT molecular complexity index is 350. The predicted molar refractivity (Wildman–Crippen MR) is 76.5 cm³/mol. The fourth-order valence-corrected chi connectivity index (χ4v) is 1.72. The SMILES string of the molecule is CCCCCC(C)(C#N)N=NC(C#N)CC(C)CC. The van der Waals surface area contributed by atoms with Gasteiger partial charge in [-0.25, -0.2) is 0 Å². The first kappa shape index (κ1) is 17.6. The van der Waals surface area contributed by atoms with Gasteiger partial charge in [-0.05, 0) is 32.1 Å². The summed E-state index contributed by atoms with van der Waals surface area (Å²) in [4.78, 5) is 0. The van der Waals surface area contributed by atoms with E-state index in [0.717, 1.165) is 25.7 Å². The molecule has 0 saturated heterocycles. The molecule has 3 atom stereocenters. The van der Waals surface area contributed by atoms with Gasteiger partial charge in [0.1, 0.15) is 0 Å². The van der Waals surface area contributed by atoms with Gasteiger partial charge in [-0.15, -0.1) is 0 Å². The fourth-order valence-electron chi connectivity index (χ4n) is 1.72. The zero-order valence-electron chi connectivity index (χ0n) is 12.7. The van der Waals surface area contributed by atoms with E-state index in [9.17, 15) is 5.26 Å². The van der Waals surface area contributed by atoms with Gasteiger partial charge in [0, 0.05) is 0 Å². The highest BCUT2D eigenvalue weighted by Crippen LogP contribution is 2.21. The Kier molecular flexibility index (Phi) is 8.79. The quantitative estimate of drug-likeness (QED) is 0.449. The third-order valence-corrected chi connectivity index (χ3v) is 3.40. The van der Waals surface area contributed by atoms with Crippen molar-refractivity contribution >= 4 is 0 Å². The normalized spacial score (nSPS) is 17.4. The number of rotatable bonds is 9. The van der Waals surface area contributed by atoms with Gasteiger partial charge in [-0.3, -0.25) is 0 Å². The molecule has 0 fully saturated rings. The average Bonchev–Trinajstić information content (AvgIpc) is 2.43. The number of azo groups is 1. The molecule has 0 radical (unpaired) electrons. The van der Waals surface area contributed by atoms with Crippen LogP contribution in [-0.2, 0) is 0 Å². The van der Waals surface area contributed by atoms with Crippen LogP contribution in [0, 0.1) is 28.6 Å². The van der Waals surface area contributed by atoms with Crippen molar-refractivity contribution in [3.05, 3.63) is 0 Å². The molecule has 0 aliphatic heterocycles. The van der Waals surface area contributed by atoms with E-state index >= 15 is 0 Å². The second-order valence-corrected chi connectivity index (χ2v) is 5.45. The Balaban J connectivity index is 4.53. The molecule has 106 valence electrons.